The van der Waals surface area contributed by atoms with Gasteiger partial charge in [-0.25, -0.2) is 4.79 Å². The molecule has 114 valence electrons. The standard InChI is InChI=1S/C16H14ClNO4/c1-4-6-22-15-13(17)8-11(9-14(15)20-3)7-12(10-18)16(19)21-5-2/h1,7-9H,5-6H2,2-3H3/b12-7+. The Hall–Kier alpha value is -2.63. The predicted molar refractivity (Wildman–Crippen MR) is 82.6 cm³/mol. The highest BCUT2D eigenvalue weighted by molar-refractivity contribution is 6.32. The lowest BCUT2D eigenvalue weighted by atomic mass is 10.1. The summed E-state index contributed by atoms with van der Waals surface area (Å²) in [5.74, 6) is 2.27. The molecule has 0 bridgehead atoms. The van der Waals surface area contributed by atoms with Gasteiger partial charge in [0.1, 0.15) is 18.2 Å². The molecular weight excluding hydrogens is 306 g/mol. The Morgan fingerprint density at radius 1 is 1.50 bits per heavy atom. The summed E-state index contributed by atoms with van der Waals surface area (Å²) in [5, 5.41) is 9.27. The summed E-state index contributed by atoms with van der Waals surface area (Å²) in [4.78, 5) is 11.6. The Kier molecular flexibility index (Phi) is 6.82. The second-order valence-corrected chi connectivity index (χ2v) is 4.32. The second-order valence-electron chi connectivity index (χ2n) is 3.92. The molecule has 0 aliphatic rings. The van der Waals surface area contributed by atoms with Crippen LogP contribution in [0.15, 0.2) is 17.7 Å². The first kappa shape index (κ1) is 17.4. The summed E-state index contributed by atoms with van der Waals surface area (Å²) in [7, 11) is 1.44. The van der Waals surface area contributed by atoms with Crippen LogP contribution in [0.3, 0.4) is 0 Å². The average Bonchev–Trinajstić information content (AvgIpc) is 2.51. The van der Waals surface area contributed by atoms with Crippen LogP contribution in [0.1, 0.15) is 12.5 Å². The largest absolute Gasteiger partial charge is 0.493 e. The van der Waals surface area contributed by atoms with Gasteiger partial charge in [0.2, 0.25) is 0 Å². The number of benzene rings is 1. The molecule has 0 aliphatic heterocycles. The van der Waals surface area contributed by atoms with E-state index in [1.165, 1.54) is 19.3 Å². The third-order valence-corrected chi connectivity index (χ3v) is 2.76. The molecule has 0 aromatic heterocycles. The van der Waals surface area contributed by atoms with Gasteiger partial charge in [-0.3, -0.25) is 0 Å². The van der Waals surface area contributed by atoms with Crippen LogP contribution in [0.25, 0.3) is 6.08 Å². The molecule has 0 aliphatic carbocycles. The van der Waals surface area contributed by atoms with Crippen LogP contribution in [0.2, 0.25) is 5.02 Å². The first-order valence-electron chi connectivity index (χ1n) is 6.30. The van der Waals surface area contributed by atoms with E-state index >= 15 is 0 Å². The first-order chi connectivity index (χ1) is 10.6. The maximum atomic E-state index is 11.6. The van der Waals surface area contributed by atoms with Crippen molar-refractivity contribution in [3.8, 4) is 29.9 Å². The minimum Gasteiger partial charge on any atom is -0.493 e. The smallest absolute Gasteiger partial charge is 0.348 e. The Labute approximate surface area is 134 Å². The minimum absolute atomic E-state index is 0.0392. The quantitative estimate of drug-likeness (QED) is 0.349. The van der Waals surface area contributed by atoms with Crippen molar-refractivity contribution in [2.45, 2.75) is 6.92 Å². The number of halogens is 1. The van der Waals surface area contributed by atoms with Crippen molar-refractivity contribution >= 4 is 23.6 Å². The van der Waals surface area contributed by atoms with Crippen molar-refractivity contribution in [1.29, 1.82) is 5.26 Å². The van der Waals surface area contributed by atoms with Crippen LogP contribution < -0.4 is 9.47 Å². The topological polar surface area (TPSA) is 68.5 Å². The molecule has 0 heterocycles. The highest BCUT2D eigenvalue weighted by Crippen LogP contribution is 2.37. The summed E-state index contributed by atoms with van der Waals surface area (Å²) in [6.07, 6.45) is 6.50. The molecule has 0 N–H and O–H groups in total. The number of methoxy groups -OCH3 is 1. The van der Waals surface area contributed by atoms with E-state index < -0.39 is 5.97 Å². The molecular formula is C16H14ClNO4. The lowest BCUT2D eigenvalue weighted by Crippen LogP contribution is -2.06. The number of ether oxygens (including phenoxy) is 3. The molecule has 0 amide bonds. The summed E-state index contributed by atoms with van der Waals surface area (Å²) in [6, 6.07) is 4.90. The van der Waals surface area contributed by atoms with E-state index in [1.54, 1.807) is 19.1 Å². The zero-order valence-corrected chi connectivity index (χ0v) is 12.9. The summed E-state index contributed by atoms with van der Waals surface area (Å²) in [6.45, 7) is 1.88. The number of rotatable bonds is 6. The van der Waals surface area contributed by atoms with E-state index in [-0.39, 0.29) is 23.8 Å². The lowest BCUT2D eigenvalue weighted by Gasteiger charge is -2.11. The molecule has 1 aromatic carbocycles. The Morgan fingerprint density at radius 3 is 2.77 bits per heavy atom. The van der Waals surface area contributed by atoms with Gasteiger partial charge >= 0.3 is 5.97 Å². The number of terminal acetylenes is 1. The molecule has 0 fully saturated rings. The average molecular weight is 320 g/mol. The van der Waals surface area contributed by atoms with E-state index in [9.17, 15) is 4.79 Å². The molecule has 0 saturated heterocycles. The summed E-state index contributed by atoms with van der Waals surface area (Å²) < 4.78 is 15.3. The van der Waals surface area contributed by atoms with Crippen LogP contribution >= 0.6 is 11.6 Å². The number of hydrogen-bond donors (Lipinski definition) is 0. The van der Waals surface area contributed by atoms with Crippen molar-refractivity contribution in [2.75, 3.05) is 20.3 Å². The zero-order valence-electron chi connectivity index (χ0n) is 12.2. The predicted octanol–water partition coefficient (Wildman–Crippen LogP) is 2.83. The number of esters is 1. The third-order valence-electron chi connectivity index (χ3n) is 2.48. The van der Waals surface area contributed by atoms with Crippen LogP contribution in [0, 0.1) is 23.7 Å². The molecule has 0 spiro atoms. The number of nitriles is 1. The number of carbonyl (C=O) groups is 1. The van der Waals surface area contributed by atoms with Crippen molar-refractivity contribution in [2.24, 2.45) is 0 Å². The van der Waals surface area contributed by atoms with Crippen LogP contribution in [0.4, 0.5) is 0 Å². The molecule has 22 heavy (non-hydrogen) atoms. The summed E-state index contributed by atoms with van der Waals surface area (Å²) in [5.41, 5.74) is 0.358. The van der Waals surface area contributed by atoms with Gasteiger partial charge in [0.15, 0.2) is 11.5 Å². The van der Waals surface area contributed by atoms with Crippen molar-refractivity contribution < 1.29 is 19.0 Å². The van der Waals surface area contributed by atoms with Crippen molar-refractivity contribution in [3.63, 3.8) is 0 Å². The second kappa shape index (κ2) is 8.61. The Morgan fingerprint density at radius 2 is 2.23 bits per heavy atom. The molecule has 5 nitrogen and oxygen atoms in total. The molecule has 1 rings (SSSR count). The van der Waals surface area contributed by atoms with Crippen molar-refractivity contribution in [1.82, 2.24) is 0 Å². The van der Waals surface area contributed by atoms with E-state index in [4.69, 9.17) is 37.5 Å². The molecule has 6 heteroatoms. The van der Waals surface area contributed by atoms with Crippen LogP contribution in [-0.4, -0.2) is 26.3 Å². The first-order valence-corrected chi connectivity index (χ1v) is 6.67. The molecule has 0 atom stereocenters. The van der Waals surface area contributed by atoms with Gasteiger partial charge in [-0.2, -0.15) is 5.26 Å². The molecule has 0 radical (unpaired) electrons. The van der Waals surface area contributed by atoms with Gasteiger partial charge in [0, 0.05) is 0 Å². The highest BCUT2D eigenvalue weighted by Gasteiger charge is 2.14. The zero-order chi connectivity index (χ0) is 16.5. The van der Waals surface area contributed by atoms with Gasteiger partial charge in [0.25, 0.3) is 0 Å². The van der Waals surface area contributed by atoms with Gasteiger partial charge in [-0.05, 0) is 30.7 Å². The van der Waals surface area contributed by atoms with E-state index in [2.05, 4.69) is 5.92 Å². The molecule has 1 aromatic rings. The fourth-order valence-corrected chi connectivity index (χ4v) is 1.86. The van der Waals surface area contributed by atoms with E-state index in [1.807, 2.05) is 0 Å². The van der Waals surface area contributed by atoms with Gasteiger partial charge in [-0.15, -0.1) is 6.42 Å². The van der Waals surface area contributed by atoms with E-state index in [0.29, 0.717) is 17.1 Å². The van der Waals surface area contributed by atoms with Crippen molar-refractivity contribution in [3.05, 3.63) is 28.3 Å². The van der Waals surface area contributed by atoms with Crippen LogP contribution in [-0.2, 0) is 9.53 Å². The van der Waals surface area contributed by atoms with Gasteiger partial charge in [0.05, 0.1) is 18.7 Å². The van der Waals surface area contributed by atoms with Crippen LogP contribution in [0.5, 0.6) is 11.5 Å². The number of nitrogens with zero attached hydrogens (tertiary/aromatic N) is 1. The Bertz CT molecular complexity index is 668. The maximum absolute atomic E-state index is 11.6. The Balaban J connectivity index is 3.22. The minimum atomic E-state index is -0.701. The van der Waals surface area contributed by atoms with E-state index in [0.717, 1.165) is 0 Å². The SMILES string of the molecule is C#CCOc1c(Cl)cc(/C=C(\C#N)C(=O)OCC)cc1OC. The number of carbonyl (C=O) groups excluding carboxylic acids is 1. The third kappa shape index (κ3) is 4.44. The normalized spacial score (nSPS) is 10.3. The lowest BCUT2D eigenvalue weighted by molar-refractivity contribution is -0.137. The monoisotopic (exact) mass is 319 g/mol. The molecule has 0 unspecified atom stereocenters. The fraction of sp³-hybridized carbons (Fsp3) is 0.250. The number of hydrogen-bond acceptors (Lipinski definition) is 5. The fourth-order valence-electron chi connectivity index (χ4n) is 1.59. The van der Waals surface area contributed by atoms with Gasteiger partial charge in [-0.1, -0.05) is 17.5 Å². The van der Waals surface area contributed by atoms with Gasteiger partial charge < -0.3 is 14.2 Å². The summed E-state index contributed by atoms with van der Waals surface area (Å²) >= 11 is 6.11. The molecule has 0 saturated carbocycles. The highest BCUT2D eigenvalue weighted by atomic mass is 35.5. The maximum Gasteiger partial charge on any atom is 0.348 e.